The minimum atomic E-state index is -0.107. The monoisotopic (exact) mass is 401 g/mol. The fourth-order valence-corrected chi connectivity index (χ4v) is 4.11. The van der Waals surface area contributed by atoms with Crippen LogP contribution < -0.4 is 10.6 Å². The molecule has 3 aromatic carbocycles. The minimum Gasteiger partial charge on any atom is -0.349 e. The van der Waals surface area contributed by atoms with Crippen LogP contribution in [0.25, 0.3) is 10.8 Å². The van der Waals surface area contributed by atoms with Gasteiger partial charge in [-0.2, -0.15) is 0 Å². The number of hydrogen-bond donors (Lipinski definition) is 2. The van der Waals surface area contributed by atoms with E-state index < -0.39 is 0 Å². The standard InChI is InChI=1S/C25H27N3O2/c1-18(22-13-7-9-19-8-5-6-12-23(19)22)26-24(29)20-14-16-28(17-15-20)25(30)27-21-10-3-2-4-11-21/h2-13,18,20H,14-17H2,1H3,(H,26,29)(H,27,30). The molecule has 1 saturated heterocycles. The highest BCUT2D eigenvalue weighted by Gasteiger charge is 2.28. The first-order valence-electron chi connectivity index (χ1n) is 10.5. The van der Waals surface area contributed by atoms with Gasteiger partial charge in [0, 0.05) is 24.7 Å². The summed E-state index contributed by atoms with van der Waals surface area (Å²) >= 11 is 0. The van der Waals surface area contributed by atoms with Crippen LogP contribution in [0.4, 0.5) is 10.5 Å². The van der Waals surface area contributed by atoms with E-state index >= 15 is 0 Å². The second-order valence-corrected chi connectivity index (χ2v) is 7.86. The number of carbonyl (C=O) groups is 2. The summed E-state index contributed by atoms with van der Waals surface area (Å²) in [5.74, 6) is 0.00162. The lowest BCUT2D eigenvalue weighted by Gasteiger charge is -2.32. The molecule has 30 heavy (non-hydrogen) atoms. The van der Waals surface area contributed by atoms with Crippen LogP contribution in [0.1, 0.15) is 31.4 Å². The van der Waals surface area contributed by atoms with Crippen LogP contribution in [-0.2, 0) is 4.79 Å². The van der Waals surface area contributed by atoms with Crippen molar-refractivity contribution in [3.05, 3.63) is 78.4 Å². The molecule has 3 aromatic rings. The highest BCUT2D eigenvalue weighted by atomic mass is 16.2. The number of anilines is 1. The summed E-state index contributed by atoms with van der Waals surface area (Å²) in [4.78, 5) is 27.1. The molecule has 0 saturated carbocycles. The topological polar surface area (TPSA) is 61.4 Å². The van der Waals surface area contributed by atoms with Gasteiger partial charge < -0.3 is 15.5 Å². The molecule has 1 fully saturated rings. The Bertz CT molecular complexity index is 1020. The van der Waals surface area contributed by atoms with Gasteiger partial charge in [-0.15, -0.1) is 0 Å². The molecule has 0 aliphatic carbocycles. The zero-order valence-electron chi connectivity index (χ0n) is 17.2. The van der Waals surface area contributed by atoms with Crippen LogP contribution >= 0.6 is 0 Å². The molecule has 4 rings (SSSR count). The summed E-state index contributed by atoms with van der Waals surface area (Å²) < 4.78 is 0. The summed E-state index contributed by atoms with van der Waals surface area (Å²) in [6.07, 6.45) is 1.35. The van der Waals surface area contributed by atoms with E-state index in [2.05, 4.69) is 34.9 Å². The molecule has 5 nitrogen and oxygen atoms in total. The predicted octanol–water partition coefficient (Wildman–Crippen LogP) is 4.96. The van der Waals surface area contributed by atoms with Crippen molar-refractivity contribution in [1.29, 1.82) is 0 Å². The van der Waals surface area contributed by atoms with E-state index in [1.807, 2.05) is 55.5 Å². The van der Waals surface area contributed by atoms with Gasteiger partial charge >= 0.3 is 6.03 Å². The van der Waals surface area contributed by atoms with E-state index in [1.165, 1.54) is 10.8 Å². The Kier molecular flexibility index (Phi) is 5.98. The van der Waals surface area contributed by atoms with Gasteiger partial charge in [0.1, 0.15) is 0 Å². The van der Waals surface area contributed by atoms with Crippen molar-refractivity contribution in [3.63, 3.8) is 0 Å². The second kappa shape index (κ2) is 8.99. The number of rotatable bonds is 4. The number of hydrogen-bond acceptors (Lipinski definition) is 2. The van der Waals surface area contributed by atoms with Crippen LogP contribution in [0.15, 0.2) is 72.8 Å². The maximum absolute atomic E-state index is 12.9. The summed E-state index contributed by atoms with van der Waals surface area (Å²) in [6, 6.07) is 23.7. The van der Waals surface area contributed by atoms with Crippen molar-refractivity contribution in [2.75, 3.05) is 18.4 Å². The van der Waals surface area contributed by atoms with E-state index in [4.69, 9.17) is 0 Å². The maximum Gasteiger partial charge on any atom is 0.321 e. The van der Waals surface area contributed by atoms with Crippen molar-refractivity contribution in [3.8, 4) is 0 Å². The summed E-state index contributed by atoms with van der Waals surface area (Å²) in [6.45, 7) is 3.20. The third-order valence-corrected chi connectivity index (χ3v) is 5.83. The van der Waals surface area contributed by atoms with E-state index in [0.717, 1.165) is 11.3 Å². The van der Waals surface area contributed by atoms with Crippen molar-refractivity contribution in [2.45, 2.75) is 25.8 Å². The molecule has 154 valence electrons. The Balaban J connectivity index is 1.32. The molecule has 1 aliphatic rings. The Morgan fingerprint density at radius 2 is 1.57 bits per heavy atom. The molecule has 1 heterocycles. The van der Waals surface area contributed by atoms with E-state index in [1.54, 1.807) is 4.90 Å². The number of urea groups is 1. The molecule has 3 amide bonds. The van der Waals surface area contributed by atoms with Crippen molar-refractivity contribution < 1.29 is 9.59 Å². The third kappa shape index (κ3) is 4.46. The molecular formula is C25H27N3O2. The molecule has 5 heteroatoms. The molecular weight excluding hydrogens is 374 g/mol. The fourth-order valence-electron chi connectivity index (χ4n) is 4.11. The van der Waals surface area contributed by atoms with Gasteiger partial charge in [0.2, 0.25) is 5.91 Å². The third-order valence-electron chi connectivity index (χ3n) is 5.83. The van der Waals surface area contributed by atoms with Crippen molar-refractivity contribution >= 4 is 28.4 Å². The zero-order chi connectivity index (χ0) is 20.9. The van der Waals surface area contributed by atoms with Crippen LogP contribution in [0.5, 0.6) is 0 Å². The van der Waals surface area contributed by atoms with Gasteiger partial charge in [0.05, 0.1) is 6.04 Å². The Hall–Kier alpha value is -3.34. The predicted molar refractivity (Wildman–Crippen MR) is 120 cm³/mol. The van der Waals surface area contributed by atoms with E-state index in [9.17, 15) is 9.59 Å². The number of likely N-dealkylation sites (tertiary alicyclic amines) is 1. The number of para-hydroxylation sites is 1. The lowest BCUT2D eigenvalue weighted by Crippen LogP contribution is -2.44. The first kappa shape index (κ1) is 20.0. The Morgan fingerprint density at radius 3 is 2.33 bits per heavy atom. The van der Waals surface area contributed by atoms with Crippen LogP contribution in [0, 0.1) is 5.92 Å². The SMILES string of the molecule is CC(NC(=O)C1CCN(C(=O)Nc2ccccc2)CC1)c1cccc2ccccc12. The number of amides is 3. The molecule has 1 atom stereocenters. The minimum absolute atomic E-state index is 0.0665. The van der Waals surface area contributed by atoms with Gasteiger partial charge in [-0.1, -0.05) is 60.7 Å². The number of benzene rings is 3. The van der Waals surface area contributed by atoms with Crippen molar-refractivity contribution in [2.24, 2.45) is 5.92 Å². The fraction of sp³-hybridized carbons (Fsp3) is 0.280. The molecule has 1 unspecified atom stereocenters. The van der Waals surface area contributed by atoms with E-state index in [-0.39, 0.29) is 23.9 Å². The molecule has 1 aliphatic heterocycles. The quantitative estimate of drug-likeness (QED) is 0.649. The molecule has 0 radical (unpaired) electrons. The Labute approximate surface area is 177 Å². The average Bonchev–Trinajstić information content (AvgIpc) is 2.79. The summed E-state index contributed by atoms with van der Waals surface area (Å²) in [5.41, 5.74) is 1.91. The number of piperidine rings is 1. The van der Waals surface area contributed by atoms with Gasteiger partial charge in [-0.3, -0.25) is 4.79 Å². The second-order valence-electron chi connectivity index (χ2n) is 7.86. The van der Waals surface area contributed by atoms with Crippen molar-refractivity contribution in [1.82, 2.24) is 10.2 Å². The number of nitrogens with zero attached hydrogens (tertiary/aromatic N) is 1. The number of fused-ring (bicyclic) bond motifs is 1. The molecule has 0 aromatic heterocycles. The maximum atomic E-state index is 12.9. The van der Waals surface area contributed by atoms with E-state index in [0.29, 0.717) is 25.9 Å². The highest BCUT2D eigenvalue weighted by Crippen LogP contribution is 2.25. The Morgan fingerprint density at radius 1 is 0.900 bits per heavy atom. The van der Waals surface area contributed by atoms with Gasteiger partial charge in [0.15, 0.2) is 0 Å². The van der Waals surface area contributed by atoms with Crippen LogP contribution in [0.2, 0.25) is 0 Å². The lowest BCUT2D eigenvalue weighted by molar-refractivity contribution is -0.126. The number of nitrogens with one attached hydrogen (secondary N) is 2. The van der Waals surface area contributed by atoms with Gasteiger partial charge in [-0.05, 0) is 48.2 Å². The zero-order valence-corrected chi connectivity index (χ0v) is 17.2. The summed E-state index contributed by atoms with van der Waals surface area (Å²) in [5, 5.41) is 8.44. The lowest BCUT2D eigenvalue weighted by atomic mass is 9.94. The smallest absolute Gasteiger partial charge is 0.321 e. The van der Waals surface area contributed by atoms with Gasteiger partial charge in [0.25, 0.3) is 0 Å². The van der Waals surface area contributed by atoms with Crippen LogP contribution in [0.3, 0.4) is 0 Å². The van der Waals surface area contributed by atoms with Gasteiger partial charge in [-0.25, -0.2) is 4.79 Å². The largest absolute Gasteiger partial charge is 0.349 e. The highest BCUT2D eigenvalue weighted by molar-refractivity contribution is 5.90. The molecule has 2 N–H and O–H groups in total. The number of carbonyl (C=O) groups excluding carboxylic acids is 2. The first-order valence-corrected chi connectivity index (χ1v) is 10.5. The molecule has 0 bridgehead atoms. The molecule has 0 spiro atoms. The average molecular weight is 402 g/mol. The summed E-state index contributed by atoms with van der Waals surface area (Å²) in [7, 11) is 0. The normalized spacial score (nSPS) is 15.6. The van der Waals surface area contributed by atoms with Crippen LogP contribution in [-0.4, -0.2) is 29.9 Å². The first-order chi connectivity index (χ1) is 14.6.